The smallest absolute Gasteiger partial charge is 0.226 e. The first kappa shape index (κ1) is 15.7. The van der Waals surface area contributed by atoms with Gasteiger partial charge in [-0.05, 0) is 87.5 Å². The van der Waals surface area contributed by atoms with E-state index in [-0.39, 0.29) is 5.41 Å². The van der Waals surface area contributed by atoms with E-state index >= 15 is 0 Å². The Kier molecular flexibility index (Phi) is 3.26. The maximum atomic E-state index is 13.4. The summed E-state index contributed by atoms with van der Waals surface area (Å²) in [5.74, 6) is 1.24. The van der Waals surface area contributed by atoms with Crippen molar-refractivity contribution in [2.75, 3.05) is 13.1 Å². The predicted molar refractivity (Wildman–Crippen MR) is 95.6 cm³/mol. The molecule has 0 aromatic heterocycles. The van der Waals surface area contributed by atoms with E-state index in [0.29, 0.717) is 22.8 Å². The zero-order chi connectivity index (χ0) is 16.6. The first-order valence-electron chi connectivity index (χ1n) is 10.4. The van der Waals surface area contributed by atoms with Gasteiger partial charge < -0.3 is 10.2 Å². The van der Waals surface area contributed by atoms with Crippen LogP contribution in [0.4, 0.5) is 0 Å². The van der Waals surface area contributed by atoms with Gasteiger partial charge in [0.1, 0.15) is 0 Å². The van der Waals surface area contributed by atoms with Crippen LogP contribution in [0.1, 0.15) is 78.1 Å². The molecular formula is C21H34N2O. The fourth-order valence-electron chi connectivity index (χ4n) is 8.39. The lowest BCUT2D eigenvalue weighted by molar-refractivity contribution is -0.171. The quantitative estimate of drug-likeness (QED) is 0.837. The maximum Gasteiger partial charge on any atom is 0.226 e. The van der Waals surface area contributed by atoms with Crippen LogP contribution in [0.3, 0.4) is 0 Å². The van der Waals surface area contributed by atoms with Crippen LogP contribution >= 0.6 is 0 Å². The molecule has 4 saturated carbocycles. The molecule has 2 saturated heterocycles. The van der Waals surface area contributed by atoms with Crippen LogP contribution in [0.5, 0.6) is 0 Å². The van der Waals surface area contributed by atoms with E-state index in [1.165, 1.54) is 58.0 Å². The Morgan fingerprint density at radius 3 is 2.46 bits per heavy atom. The van der Waals surface area contributed by atoms with Gasteiger partial charge in [-0.15, -0.1) is 0 Å². The fraction of sp³-hybridized carbons (Fsp3) is 0.952. The van der Waals surface area contributed by atoms with Crippen molar-refractivity contribution in [3.8, 4) is 0 Å². The number of piperidine rings is 1. The van der Waals surface area contributed by atoms with Crippen molar-refractivity contribution in [1.29, 1.82) is 0 Å². The molecule has 6 aliphatic rings. The van der Waals surface area contributed by atoms with E-state index in [0.717, 1.165) is 31.2 Å². The topological polar surface area (TPSA) is 32.3 Å². The van der Waals surface area contributed by atoms with Crippen molar-refractivity contribution < 1.29 is 4.79 Å². The van der Waals surface area contributed by atoms with Gasteiger partial charge in [0, 0.05) is 18.6 Å². The summed E-state index contributed by atoms with van der Waals surface area (Å²) in [6.07, 6.45) is 12.6. The van der Waals surface area contributed by atoms with Crippen LogP contribution in [0, 0.1) is 22.2 Å². The summed E-state index contributed by atoms with van der Waals surface area (Å²) in [4.78, 5) is 16.1. The monoisotopic (exact) mass is 330 g/mol. The third kappa shape index (κ3) is 2.37. The number of amides is 1. The van der Waals surface area contributed by atoms with Crippen LogP contribution in [-0.2, 0) is 4.79 Å². The first-order chi connectivity index (χ1) is 11.4. The van der Waals surface area contributed by atoms with Crippen LogP contribution in [-0.4, -0.2) is 36.0 Å². The molecule has 134 valence electrons. The molecule has 3 heteroatoms. The van der Waals surface area contributed by atoms with Gasteiger partial charge in [-0.1, -0.05) is 13.8 Å². The van der Waals surface area contributed by atoms with Gasteiger partial charge in [0.25, 0.3) is 0 Å². The summed E-state index contributed by atoms with van der Waals surface area (Å²) >= 11 is 0. The zero-order valence-electron chi connectivity index (χ0n) is 15.6. The Balaban J connectivity index is 1.32. The van der Waals surface area contributed by atoms with Crippen LogP contribution in [0.25, 0.3) is 0 Å². The van der Waals surface area contributed by atoms with Crippen molar-refractivity contribution in [3.05, 3.63) is 0 Å². The molecule has 0 aromatic carbocycles. The van der Waals surface area contributed by atoms with Gasteiger partial charge in [0.2, 0.25) is 5.91 Å². The van der Waals surface area contributed by atoms with E-state index in [4.69, 9.17) is 0 Å². The summed E-state index contributed by atoms with van der Waals surface area (Å²) in [6, 6.07) is 1.18. The van der Waals surface area contributed by atoms with Gasteiger partial charge in [-0.25, -0.2) is 0 Å². The number of carbonyl (C=O) groups is 1. The summed E-state index contributed by atoms with van der Waals surface area (Å²) in [5.41, 5.74) is 0.830. The molecule has 6 atom stereocenters. The second kappa shape index (κ2) is 4.99. The zero-order valence-corrected chi connectivity index (χ0v) is 15.6. The van der Waals surface area contributed by atoms with Gasteiger partial charge in [0.15, 0.2) is 0 Å². The molecule has 6 rings (SSSR count). The lowest BCUT2D eigenvalue weighted by atomic mass is 9.40. The average Bonchev–Trinajstić information content (AvgIpc) is 2.90. The second-order valence-electron chi connectivity index (χ2n) is 10.9. The van der Waals surface area contributed by atoms with Crippen molar-refractivity contribution in [1.82, 2.24) is 10.2 Å². The van der Waals surface area contributed by atoms with Gasteiger partial charge in [-0.3, -0.25) is 4.79 Å². The molecule has 24 heavy (non-hydrogen) atoms. The normalized spacial score (nSPS) is 53.2. The van der Waals surface area contributed by atoms with Crippen LogP contribution < -0.4 is 5.32 Å². The van der Waals surface area contributed by atoms with E-state index < -0.39 is 0 Å². The largest absolute Gasteiger partial charge is 0.353 e. The highest BCUT2D eigenvalue weighted by molar-refractivity contribution is 5.83. The minimum atomic E-state index is -0.0320. The minimum absolute atomic E-state index is 0.0320. The summed E-state index contributed by atoms with van der Waals surface area (Å²) < 4.78 is 0. The molecule has 4 bridgehead atoms. The molecule has 3 nitrogen and oxygen atoms in total. The Hall–Kier alpha value is -0.570. The molecule has 1 N–H and O–H groups in total. The molecule has 0 radical (unpaired) electrons. The van der Waals surface area contributed by atoms with E-state index in [1.54, 1.807) is 0 Å². The van der Waals surface area contributed by atoms with E-state index in [2.05, 4.69) is 24.1 Å². The number of carbonyl (C=O) groups excluding carboxylic acids is 1. The Bertz CT molecular complexity index is 540. The molecule has 4 aliphatic carbocycles. The minimum Gasteiger partial charge on any atom is -0.353 e. The van der Waals surface area contributed by atoms with Crippen LogP contribution in [0.15, 0.2) is 0 Å². The number of fused-ring (bicyclic) bond motifs is 1. The lowest BCUT2D eigenvalue weighted by Gasteiger charge is -2.64. The highest BCUT2D eigenvalue weighted by atomic mass is 16.2. The van der Waals surface area contributed by atoms with Crippen molar-refractivity contribution in [2.24, 2.45) is 22.2 Å². The Morgan fingerprint density at radius 1 is 1.00 bits per heavy atom. The Morgan fingerprint density at radius 2 is 1.75 bits per heavy atom. The molecular weight excluding hydrogens is 296 g/mol. The second-order valence-corrected chi connectivity index (χ2v) is 10.9. The van der Waals surface area contributed by atoms with Crippen molar-refractivity contribution >= 4 is 5.91 Å². The maximum absolute atomic E-state index is 13.4. The number of hydrogen-bond donors (Lipinski definition) is 1. The lowest BCUT2D eigenvalue weighted by Crippen LogP contribution is -2.61. The number of rotatable bonds is 2. The standard InChI is InChI=1S/C21H34N2O/c1-19-9-15-10-20(2,12-19)14-21(11-15,13-19)18(24)22-16-5-7-23-6-3-4-17(23)8-16/h15-17H,3-14H2,1-2H3,(H,22,24)/t15?,16-,17+,19-,20+,21?/m0/s1. The molecule has 0 spiro atoms. The SMILES string of the molecule is C[C@]12CC3CC(C(=O)N[C@H]4CCN5CCC[C@@H]5C4)(C1)C[C@@](C)(C3)C2. The summed E-state index contributed by atoms with van der Waals surface area (Å²) in [7, 11) is 0. The van der Waals surface area contributed by atoms with Crippen molar-refractivity contribution in [2.45, 2.75) is 90.1 Å². The van der Waals surface area contributed by atoms with Crippen LogP contribution in [0.2, 0.25) is 0 Å². The molecule has 2 aliphatic heterocycles. The number of nitrogens with one attached hydrogen (secondary N) is 1. The Labute approximate surface area is 146 Å². The van der Waals surface area contributed by atoms with Gasteiger partial charge in [0.05, 0.1) is 5.41 Å². The molecule has 2 unspecified atom stereocenters. The molecule has 1 amide bonds. The summed E-state index contributed by atoms with van der Waals surface area (Å²) in [5, 5.41) is 3.56. The van der Waals surface area contributed by atoms with Gasteiger partial charge >= 0.3 is 0 Å². The molecule has 6 fully saturated rings. The van der Waals surface area contributed by atoms with Gasteiger partial charge in [-0.2, -0.15) is 0 Å². The van der Waals surface area contributed by atoms with Crippen molar-refractivity contribution in [3.63, 3.8) is 0 Å². The highest BCUT2D eigenvalue weighted by Gasteiger charge is 2.62. The predicted octanol–water partition coefficient (Wildman–Crippen LogP) is 3.73. The summed E-state index contributed by atoms with van der Waals surface area (Å²) in [6.45, 7) is 7.41. The average molecular weight is 331 g/mol. The number of hydrogen-bond acceptors (Lipinski definition) is 2. The number of nitrogens with zero attached hydrogens (tertiary/aromatic N) is 1. The van der Waals surface area contributed by atoms with E-state index in [1.807, 2.05) is 0 Å². The first-order valence-corrected chi connectivity index (χ1v) is 10.4. The molecule has 2 heterocycles. The van der Waals surface area contributed by atoms with E-state index in [9.17, 15) is 4.79 Å². The highest BCUT2D eigenvalue weighted by Crippen LogP contribution is 2.69. The third-order valence-electron chi connectivity index (χ3n) is 8.26. The third-order valence-corrected chi connectivity index (χ3v) is 8.26. The molecule has 0 aromatic rings. The fourth-order valence-corrected chi connectivity index (χ4v) is 8.39.